The molecule has 0 saturated heterocycles. The van der Waals surface area contributed by atoms with E-state index in [9.17, 15) is 18.0 Å². The number of nitrogens with one attached hydrogen (secondary N) is 1. The lowest BCUT2D eigenvalue weighted by atomic mass is 10.1. The minimum absolute atomic E-state index is 0.124. The molecule has 0 aromatic heterocycles. The number of nitrogens with zero attached hydrogens (tertiary/aromatic N) is 2. The first-order chi connectivity index (χ1) is 16.6. The smallest absolute Gasteiger partial charge is 0.244 e. The van der Waals surface area contributed by atoms with E-state index in [0.717, 1.165) is 29.0 Å². The minimum Gasteiger partial charge on any atom is -0.494 e. The molecular weight excluding hydrogens is 490 g/mol. The Labute approximate surface area is 213 Å². The van der Waals surface area contributed by atoms with Gasteiger partial charge in [-0.1, -0.05) is 37.1 Å². The molecule has 0 aliphatic carbocycles. The van der Waals surface area contributed by atoms with Crippen LogP contribution >= 0.6 is 11.6 Å². The van der Waals surface area contributed by atoms with Crippen molar-refractivity contribution >= 4 is 39.1 Å². The van der Waals surface area contributed by atoms with Gasteiger partial charge < -0.3 is 15.0 Å². The van der Waals surface area contributed by atoms with Gasteiger partial charge in [-0.2, -0.15) is 0 Å². The van der Waals surface area contributed by atoms with Crippen LogP contribution in [-0.4, -0.2) is 57.1 Å². The lowest BCUT2D eigenvalue weighted by Gasteiger charge is -2.31. The normalized spacial score (nSPS) is 12.0. The van der Waals surface area contributed by atoms with Gasteiger partial charge in [0.2, 0.25) is 21.8 Å². The molecule has 192 valence electrons. The van der Waals surface area contributed by atoms with E-state index < -0.39 is 28.5 Å². The SMILES string of the molecule is CCCCNC(=O)C(C)N(Cc1ccc(Cl)cc1)C(=O)CN(c1ccc(OCC)cc1)S(C)(=O)=O. The second kappa shape index (κ2) is 13.3. The van der Waals surface area contributed by atoms with Crippen LogP contribution in [0.5, 0.6) is 5.75 Å². The monoisotopic (exact) mass is 523 g/mol. The van der Waals surface area contributed by atoms with E-state index in [1.54, 1.807) is 55.5 Å². The van der Waals surface area contributed by atoms with E-state index in [1.807, 2.05) is 13.8 Å². The number of benzene rings is 2. The van der Waals surface area contributed by atoms with Gasteiger partial charge in [-0.05, 0) is 62.2 Å². The van der Waals surface area contributed by atoms with Gasteiger partial charge in [0.05, 0.1) is 18.6 Å². The van der Waals surface area contributed by atoms with E-state index >= 15 is 0 Å². The van der Waals surface area contributed by atoms with Crippen LogP contribution in [0.25, 0.3) is 0 Å². The van der Waals surface area contributed by atoms with Gasteiger partial charge in [-0.25, -0.2) is 8.42 Å². The summed E-state index contributed by atoms with van der Waals surface area (Å²) in [5.74, 6) is -0.206. The average molecular weight is 524 g/mol. The molecule has 0 fully saturated rings. The Hall–Kier alpha value is -2.78. The van der Waals surface area contributed by atoms with Gasteiger partial charge in [0.15, 0.2) is 0 Å². The second-order valence-corrected chi connectivity index (χ2v) is 10.5. The first kappa shape index (κ1) is 28.5. The molecule has 2 aromatic carbocycles. The number of sulfonamides is 1. The fourth-order valence-electron chi connectivity index (χ4n) is 3.39. The van der Waals surface area contributed by atoms with E-state index in [4.69, 9.17) is 16.3 Å². The molecule has 0 spiro atoms. The molecule has 2 amide bonds. The fourth-order valence-corrected chi connectivity index (χ4v) is 4.37. The Morgan fingerprint density at radius 1 is 1.06 bits per heavy atom. The van der Waals surface area contributed by atoms with Gasteiger partial charge in [0.1, 0.15) is 18.3 Å². The van der Waals surface area contributed by atoms with Crippen molar-refractivity contribution in [3.8, 4) is 5.75 Å². The summed E-state index contributed by atoms with van der Waals surface area (Å²) in [5, 5.41) is 3.40. The summed E-state index contributed by atoms with van der Waals surface area (Å²) in [6.45, 7) is 6.16. The molecule has 0 aliphatic heterocycles. The van der Waals surface area contributed by atoms with Crippen molar-refractivity contribution in [3.63, 3.8) is 0 Å². The highest BCUT2D eigenvalue weighted by molar-refractivity contribution is 7.92. The van der Waals surface area contributed by atoms with E-state index in [2.05, 4.69) is 5.32 Å². The number of anilines is 1. The summed E-state index contributed by atoms with van der Waals surface area (Å²) in [4.78, 5) is 27.7. The molecule has 0 heterocycles. The predicted octanol–water partition coefficient (Wildman–Crippen LogP) is 3.84. The summed E-state index contributed by atoms with van der Waals surface area (Å²) in [5.41, 5.74) is 1.10. The third-order valence-electron chi connectivity index (χ3n) is 5.38. The summed E-state index contributed by atoms with van der Waals surface area (Å²) in [7, 11) is -3.79. The van der Waals surface area contributed by atoms with Crippen molar-refractivity contribution in [3.05, 3.63) is 59.1 Å². The molecule has 1 N–H and O–H groups in total. The van der Waals surface area contributed by atoms with E-state index in [1.165, 1.54) is 4.90 Å². The number of carbonyl (C=O) groups is 2. The molecule has 0 radical (unpaired) electrons. The second-order valence-electron chi connectivity index (χ2n) is 8.17. The van der Waals surface area contributed by atoms with Crippen LogP contribution in [0.15, 0.2) is 48.5 Å². The van der Waals surface area contributed by atoms with E-state index in [-0.39, 0.29) is 12.5 Å². The Morgan fingerprint density at radius 3 is 2.23 bits per heavy atom. The van der Waals surface area contributed by atoms with Crippen LogP contribution in [0.2, 0.25) is 5.02 Å². The van der Waals surface area contributed by atoms with Crippen LogP contribution in [0.1, 0.15) is 39.2 Å². The molecular formula is C25H34ClN3O5S. The number of ether oxygens (including phenoxy) is 1. The predicted molar refractivity (Wildman–Crippen MR) is 139 cm³/mol. The lowest BCUT2D eigenvalue weighted by Crippen LogP contribution is -2.51. The summed E-state index contributed by atoms with van der Waals surface area (Å²) < 4.78 is 31.7. The molecule has 1 unspecified atom stereocenters. The van der Waals surface area contributed by atoms with Crippen molar-refractivity contribution in [1.29, 1.82) is 0 Å². The number of amides is 2. The van der Waals surface area contributed by atoms with Crippen molar-refractivity contribution in [2.24, 2.45) is 0 Å². The highest BCUT2D eigenvalue weighted by Crippen LogP contribution is 2.22. The zero-order valence-corrected chi connectivity index (χ0v) is 22.2. The maximum absolute atomic E-state index is 13.5. The molecule has 2 rings (SSSR count). The first-order valence-corrected chi connectivity index (χ1v) is 13.8. The maximum Gasteiger partial charge on any atom is 0.244 e. The van der Waals surface area contributed by atoms with Gasteiger partial charge >= 0.3 is 0 Å². The van der Waals surface area contributed by atoms with E-state index in [0.29, 0.717) is 29.6 Å². The number of unbranched alkanes of at least 4 members (excludes halogenated alkanes) is 1. The summed E-state index contributed by atoms with van der Waals surface area (Å²) in [6.07, 6.45) is 2.79. The van der Waals surface area contributed by atoms with Crippen molar-refractivity contribution in [2.75, 3.05) is 30.3 Å². The molecule has 8 nitrogen and oxygen atoms in total. The van der Waals surface area contributed by atoms with Crippen molar-refractivity contribution in [2.45, 2.75) is 46.2 Å². The fraction of sp³-hybridized carbons (Fsp3) is 0.440. The van der Waals surface area contributed by atoms with Gasteiger partial charge in [0.25, 0.3) is 0 Å². The Balaban J connectivity index is 2.32. The molecule has 0 bridgehead atoms. The van der Waals surface area contributed by atoms with Crippen LogP contribution in [0.3, 0.4) is 0 Å². The largest absolute Gasteiger partial charge is 0.494 e. The van der Waals surface area contributed by atoms with Gasteiger partial charge in [0, 0.05) is 18.1 Å². The maximum atomic E-state index is 13.5. The lowest BCUT2D eigenvalue weighted by molar-refractivity contribution is -0.139. The number of halogens is 1. The highest BCUT2D eigenvalue weighted by Gasteiger charge is 2.30. The quantitative estimate of drug-likeness (QED) is 0.402. The molecule has 1 atom stereocenters. The Morgan fingerprint density at radius 2 is 1.69 bits per heavy atom. The zero-order valence-electron chi connectivity index (χ0n) is 20.7. The minimum atomic E-state index is -3.79. The van der Waals surface area contributed by atoms with Crippen molar-refractivity contribution in [1.82, 2.24) is 10.2 Å². The number of hydrogen-bond donors (Lipinski definition) is 1. The van der Waals surface area contributed by atoms with Crippen LogP contribution < -0.4 is 14.4 Å². The van der Waals surface area contributed by atoms with Crippen LogP contribution in [0.4, 0.5) is 5.69 Å². The summed E-state index contributed by atoms with van der Waals surface area (Å²) in [6, 6.07) is 12.6. The first-order valence-electron chi connectivity index (χ1n) is 11.6. The van der Waals surface area contributed by atoms with Gasteiger partial charge in [-0.3, -0.25) is 13.9 Å². The number of hydrogen-bond acceptors (Lipinski definition) is 5. The van der Waals surface area contributed by atoms with Crippen LogP contribution in [-0.2, 0) is 26.2 Å². The molecule has 35 heavy (non-hydrogen) atoms. The van der Waals surface area contributed by atoms with Crippen molar-refractivity contribution < 1.29 is 22.7 Å². The molecule has 0 aliphatic rings. The Kier molecular flexibility index (Phi) is 10.9. The third-order valence-corrected chi connectivity index (χ3v) is 6.77. The van der Waals surface area contributed by atoms with Gasteiger partial charge in [-0.15, -0.1) is 0 Å². The number of carbonyl (C=O) groups excluding carboxylic acids is 2. The number of rotatable bonds is 13. The molecule has 2 aromatic rings. The summed E-state index contributed by atoms with van der Waals surface area (Å²) >= 11 is 5.99. The average Bonchev–Trinajstić information content (AvgIpc) is 2.82. The highest BCUT2D eigenvalue weighted by atomic mass is 35.5. The molecule has 10 heteroatoms. The zero-order chi connectivity index (χ0) is 26.0. The third kappa shape index (κ3) is 8.74. The van der Waals surface area contributed by atoms with Crippen LogP contribution in [0, 0.1) is 0 Å². The molecule has 0 saturated carbocycles. The standard InChI is InChI=1S/C25H34ClN3O5S/c1-5-7-16-27-25(31)19(3)28(17-20-8-10-21(26)11-9-20)24(30)18-29(35(4,32)33)22-12-14-23(15-13-22)34-6-2/h8-15,19H,5-7,16-18H2,1-4H3,(H,27,31). The topological polar surface area (TPSA) is 96.0 Å². The Bertz CT molecular complexity index is 1080.